The first-order valence-electron chi connectivity index (χ1n) is 5.81. The molecule has 0 spiro atoms. The van der Waals surface area contributed by atoms with E-state index in [0.717, 1.165) is 12.1 Å². The highest BCUT2D eigenvalue weighted by Crippen LogP contribution is 2.40. The zero-order chi connectivity index (χ0) is 15.6. The van der Waals surface area contributed by atoms with Crippen LogP contribution < -0.4 is 4.74 Å². The summed E-state index contributed by atoms with van der Waals surface area (Å²) in [4.78, 5) is 21.6. The van der Waals surface area contributed by atoms with Gasteiger partial charge in [0, 0.05) is 12.1 Å². The van der Waals surface area contributed by atoms with E-state index in [1.54, 1.807) is 24.3 Å². The summed E-state index contributed by atoms with van der Waals surface area (Å²) in [5.74, 6) is 0.167. The number of nitro groups is 1. The first kappa shape index (κ1) is 15.3. The Morgan fingerprint density at radius 2 is 1.76 bits per heavy atom. The number of carbonyl (C=O) groups is 1. The summed E-state index contributed by atoms with van der Waals surface area (Å²) in [5.41, 5.74) is 0.125. The first-order valence-corrected chi connectivity index (χ1v) is 6.57. The van der Waals surface area contributed by atoms with Crippen LogP contribution in [0, 0.1) is 10.1 Å². The molecule has 0 aliphatic heterocycles. The molecule has 0 atom stereocenters. The average Bonchev–Trinajstić information content (AvgIpc) is 2.42. The lowest BCUT2D eigenvalue weighted by Gasteiger charge is -2.11. The van der Waals surface area contributed by atoms with E-state index in [1.165, 1.54) is 6.92 Å². The number of nitrogens with zero attached hydrogens (tertiary/aromatic N) is 1. The number of non-ortho nitro benzene ring substituents is 1. The number of nitro benzene ring substituents is 1. The van der Waals surface area contributed by atoms with Gasteiger partial charge in [0.2, 0.25) is 0 Å². The Bertz CT molecular complexity index is 708. The predicted molar refractivity (Wildman–Crippen MR) is 79.6 cm³/mol. The fourth-order valence-corrected chi connectivity index (χ4v) is 2.26. The lowest BCUT2D eigenvalue weighted by Crippen LogP contribution is -1.98. The van der Waals surface area contributed by atoms with Gasteiger partial charge in [-0.15, -0.1) is 0 Å². The molecule has 7 heteroatoms. The van der Waals surface area contributed by atoms with Crippen molar-refractivity contribution in [1.29, 1.82) is 0 Å². The summed E-state index contributed by atoms with van der Waals surface area (Å²) in [7, 11) is 0. The first-order chi connectivity index (χ1) is 9.90. The Morgan fingerprint density at radius 3 is 2.29 bits per heavy atom. The molecule has 0 aromatic heterocycles. The zero-order valence-electron chi connectivity index (χ0n) is 10.8. The number of halogens is 2. The van der Waals surface area contributed by atoms with Crippen LogP contribution in [0.5, 0.6) is 11.5 Å². The highest BCUT2D eigenvalue weighted by atomic mass is 35.5. The highest BCUT2D eigenvalue weighted by Gasteiger charge is 2.18. The summed E-state index contributed by atoms with van der Waals surface area (Å²) in [6.07, 6.45) is 0. The van der Waals surface area contributed by atoms with Crippen LogP contribution in [0.25, 0.3) is 0 Å². The second-order valence-electron chi connectivity index (χ2n) is 4.15. The molecule has 0 fully saturated rings. The molecule has 0 radical (unpaired) electrons. The van der Waals surface area contributed by atoms with Gasteiger partial charge in [0.05, 0.1) is 20.5 Å². The molecule has 0 saturated heterocycles. The molecule has 0 aliphatic rings. The number of benzene rings is 2. The molecule has 2 aromatic rings. The Balaban J connectivity index is 2.46. The predicted octanol–water partition coefficient (Wildman–Crippen LogP) is 4.90. The standard InChI is InChI=1S/C14H9Cl2NO4/c1-8(18)10-4-2-3-5-13(10)21-14-11(15)6-9(17(19)20)7-12(14)16/h2-7H,1H3. The monoisotopic (exact) mass is 325 g/mol. The third-order valence-corrected chi connectivity index (χ3v) is 3.23. The maximum atomic E-state index is 11.5. The van der Waals surface area contributed by atoms with Crippen molar-refractivity contribution >= 4 is 34.7 Å². The maximum absolute atomic E-state index is 11.5. The topological polar surface area (TPSA) is 69.4 Å². The Hall–Kier alpha value is -2.11. The van der Waals surface area contributed by atoms with Crippen LogP contribution in [0.2, 0.25) is 10.0 Å². The smallest absolute Gasteiger partial charge is 0.272 e. The van der Waals surface area contributed by atoms with Crippen LogP contribution in [0.4, 0.5) is 5.69 Å². The van der Waals surface area contributed by atoms with Gasteiger partial charge in [-0.2, -0.15) is 0 Å². The van der Waals surface area contributed by atoms with Crippen molar-refractivity contribution in [3.8, 4) is 11.5 Å². The van der Waals surface area contributed by atoms with Crippen molar-refractivity contribution in [2.75, 3.05) is 0 Å². The third-order valence-electron chi connectivity index (χ3n) is 2.67. The van der Waals surface area contributed by atoms with Gasteiger partial charge in [0.25, 0.3) is 5.69 Å². The van der Waals surface area contributed by atoms with Gasteiger partial charge in [-0.05, 0) is 19.1 Å². The summed E-state index contributed by atoms with van der Waals surface area (Å²) < 4.78 is 5.56. The van der Waals surface area contributed by atoms with Crippen LogP contribution in [0.15, 0.2) is 36.4 Å². The fourth-order valence-electron chi connectivity index (χ4n) is 1.71. The van der Waals surface area contributed by atoms with Crippen molar-refractivity contribution in [2.45, 2.75) is 6.92 Å². The second-order valence-corrected chi connectivity index (χ2v) is 4.96. The van der Waals surface area contributed by atoms with E-state index in [0.29, 0.717) is 5.56 Å². The van der Waals surface area contributed by atoms with Gasteiger partial charge < -0.3 is 4.74 Å². The second kappa shape index (κ2) is 6.11. The lowest BCUT2D eigenvalue weighted by molar-refractivity contribution is -0.384. The van der Waals surface area contributed by atoms with E-state index in [-0.39, 0.29) is 33.0 Å². The number of ketones is 1. The highest BCUT2D eigenvalue weighted by molar-refractivity contribution is 6.37. The minimum atomic E-state index is -0.606. The van der Waals surface area contributed by atoms with Crippen LogP contribution in [0.1, 0.15) is 17.3 Å². The Labute approximate surface area is 130 Å². The van der Waals surface area contributed by atoms with Crippen LogP contribution in [-0.2, 0) is 0 Å². The molecule has 108 valence electrons. The average molecular weight is 326 g/mol. The molecule has 2 aromatic carbocycles. The maximum Gasteiger partial charge on any atom is 0.272 e. The molecule has 0 saturated carbocycles. The van der Waals surface area contributed by atoms with Crippen LogP contribution in [-0.4, -0.2) is 10.7 Å². The van der Waals surface area contributed by atoms with E-state index in [1.807, 2.05) is 0 Å². The molecule has 0 aliphatic carbocycles. The van der Waals surface area contributed by atoms with Gasteiger partial charge in [0.15, 0.2) is 11.5 Å². The van der Waals surface area contributed by atoms with Crippen molar-refractivity contribution in [1.82, 2.24) is 0 Å². The minimum absolute atomic E-state index is 0.00689. The summed E-state index contributed by atoms with van der Waals surface area (Å²) in [6, 6.07) is 8.85. The summed E-state index contributed by atoms with van der Waals surface area (Å²) in [5, 5.41) is 10.7. The normalized spacial score (nSPS) is 10.2. The summed E-state index contributed by atoms with van der Waals surface area (Å²) in [6.45, 7) is 1.40. The zero-order valence-corrected chi connectivity index (χ0v) is 12.3. The molecule has 0 unspecified atom stereocenters. The van der Waals surface area contributed by atoms with Gasteiger partial charge >= 0.3 is 0 Å². The SMILES string of the molecule is CC(=O)c1ccccc1Oc1c(Cl)cc([N+](=O)[O-])cc1Cl. The van der Waals surface area contributed by atoms with Crippen molar-refractivity contribution < 1.29 is 14.5 Å². The molecule has 0 heterocycles. The van der Waals surface area contributed by atoms with E-state index in [4.69, 9.17) is 27.9 Å². The molecule has 0 amide bonds. The third kappa shape index (κ3) is 3.32. The van der Waals surface area contributed by atoms with Crippen molar-refractivity contribution in [3.63, 3.8) is 0 Å². The minimum Gasteiger partial charge on any atom is -0.453 e. The van der Waals surface area contributed by atoms with Gasteiger partial charge in [-0.25, -0.2) is 0 Å². The van der Waals surface area contributed by atoms with E-state index in [9.17, 15) is 14.9 Å². The quantitative estimate of drug-likeness (QED) is 0.455. The van der Waals surface area contributed by atoms with Gasteiger partial charge in [-0.3, -0.25) is 14.9 Å². The number of hydrogen-bond donors (Lipinski definition) is 0. The summed E-state index contributed by atoms with van der Waals surface area (Å²) >= 11 is 11.9. The molecule has 5 nitrogen and oxygen atoms in total. The van der Waals surface area contributed by atoms with Gasteiger partial charge in [-0.1, -0.05) is 35.3 Å². The molecule has 0 N–H and O–H groups in total. The molecule has 0 bridgehead atoms. The molecule has 2 rings (SSSR count). The van der Waals surface area contributed by atoms with Crippen LogP contribution >= 0.6 is 23.2 Å². The largest absolute Gasteiger partial charge is 0.453 e. The Kier molecular flexibility index (Phi) is 4.45. The van der Waals surface area contributed by atoms with E-state index < -0.39 is 4.92 Å². The number of rotatable bonds is 4. The van der Waals surface area contributed by atoms with Crippen molar-refractivity contribution in [2.24, 2.45) is 0 Å². The van der Waals surface area contributed by atoms with Gasteiger partial charge in [0.1, 0.15) is 5.75 Å². The number of Topliss-reactive ketones (excluding diaryl/α,β-unsaturated/α-hetero) is 1. The Morgan fingerprint density at radius 1 is 1.19 bits per heavy atom. The molecular formula is C14H9Cl2NO4. The number of ether oxygens (including phenoxy) is 1. The van der Waals surface area contributed by atoms with E-state index in [2.05, 4.69) is 0 Å². The molecular weight excluding hydrogens is 317 g/mol. The molecule has 21 heavy (non-hydrogen) atoms. The van der Waals surface area contributed by atoms with E-state index >= 15 is 0 Å². The fraction of sp³-hybridized carbons (Fsp3) is 0.0714. The lowest BCUT2D eigenvalue weighted by atomic mass is 10.1. The van der Waals surface area contributed by atoms with Crippen molar-refractivity contribution in [3.05, 3.63) is 62.1 Å². The number of hydrogen-bond acceptors (Lipinski definition) is 4. The van der Waals surface area contributed by atoms with Crippen LogP contribution in [0.3, 0.4) is 0 Å². The number of para-hydroxylation sites is 1. The number of carbonyl (C=O) groups excluding carboxylic acids is 1.